The summed E-state index contributed by atoms with van der Waals surface area (Å²) in [6.07, 6.45) is 9.13. The van der Waals surface area contributed by atoms with E-state index in [9.17, 15) is 0 Å². The molecule has 6 rings (SSSR count). The number of rotatable bonds is 4. The second kappa shape index (κ2) is 13.4. The molecule has 0 nitrogen and oxygen atoms in total. The first kappa shape index (κ1) is 34.8. The van der Waals surface area contributed by atoms with Crippen molar-refractivity contribution in [1.82, 2.24) is 0 Å². The second-order valence-electron chi connectivity index (χ2n) is 14.0. The standard InChI is InChI=1S/C21H25.C14H11Cl.C5H5.2ClH.Zr/c1-20(2,3)16-9-7-14-11-15-8-10-17(21(4,5)6)13-19(15)18(14)12-16;1-11-2-4-12(5-3-11)10-13-6-8-14(15)9-7-13;1-2-4-5-3-1;;;/h7,9-10,12-13H,11H2,1-6H3;2-9H,1H3;1-3H,4H2;2*1H;/q;;;;;+2/p-2. The smallest absolute Gasteiger partial charge is 1.00 e. The average Bonchev–Trinajstić information content (AvgIpc) is 3.60. The maximum atomic E-state index is 6.44. The van der Waals surface area contributed by atoms with Gasteiger partial charge in [-0.25, -0.2) is 0 Å². The third kappa shape index (κ3) is 6.88. The summed E-state index contributed by atoms with van der Waals surface area (Å²) in [6.45, 7) is 16.2. The minimum atomic E-state index is -2.73. The van der Waals surface area contributed by atoms with Crippen molar-refractivity contribution in [2.24, 2.45) is 0 Å². The molecule has 0 amide bonds. The van der Waals surface area contributed by atoms with E-state index in [1.165, 1.54) is 44.5 Å². The van der Waals surface area contributed by atoms with Crippen LogP contribution in [-0.4, -0.2) is 3.21 Å². The number of aryl methyl sites for hydroxylation is 1. The van der Waals surface area contributed by atoms with Crippen LogP contribution in [0.5, 0.6) is 0 Å². The zero-order chi connectivity index (χ0) is 29.8. The van der Waals surface area contributed by atoms with Gasteiger partial charge in [-0.1, -0.05) is 0 Å². The number of hydrogen-bond acceptors (Lipinski definition) is 0. The third-order valence-corrected chi connectivity index (χ3v) is 16.6. The van der Waals surface area contributed by atoms with Gasteiger partial charge in [0.05, 0.1) is 0 Å². The van der Waals surface area contributed by atoms with Crippen LogP contribution in [0, 0.1) is 6.92 Å². The molecule has 0 spiro atoms. The summed E-state index contributed by atoms with van der Waals surface area (Å²) in [4.78, 5) is 0. The van der Waals surface area contributed by atoms with Crippen LogP contribution < -0.4 is 28.1 Å². The quantitative estimate of drug-likeness (QED) is 0.262. The van der Waals surface area contributed by atoms with Crippen LogP contribution >= 0.6 is 11.6 Å². The third-order valence-electron chi connectivity index (χ3n) is 8.83. The van der Waals surface area contributed by atoms with Crippen LogP contribution in [0.2, 0.25) is 5.02 Å². The first-order chi connectivity index (χ1) is 19.9. The Balaban J connectivity index is 0.00000221. The van der Waals surface area contributed by atoms with Gasteiger partial charge < -0.3 is 24.8 Å². The van der Waals surface area contributed by atoms with Crippen molar-refractivity contribution in [3.05, 3.63) is 144 Å². The van der Waals surface area contributed by atoms with Crippen molar-refractivity contribution in [2.75, 3.05) is 0 Å². The van der Waals surface area contributed by atoms with Crippen LogP contribution in [0.25, 0.3) is 11.1 Å². The average molecular weight is 719 g/mol. The topological polar surface area (TPSA) is 0 Å². The zero-order valence-corrected chi connectivity index (χ0v) is 31.5. The Hall–Kier alpha value is -2.02. The number of allylic oxidation sites excluding steroid dienone is 4. The van der Waals surface area contributed by atoms with Gasteiger partial charge in [0.2, 0.25) is 0 Å². The molecule has 226 valence electrons. The summed E-state index contributed by atoms with van der Waals surface area (Å²) in [5.74, 6) is 0. The molecule has 0 atom stereocenters. The van der Waals surface area contributed by atoms with Crippen molar-refractivity contribution in [3.63, 3.8) is 0 Å². The second-order valence-corrected chi connectivity index (χ2v) is 20.5. The van der Waals surface area contributed by atoms with E-state index in [0.717, 1.165) is 17.9 Å². The molecule has 2 aliphatic rings. The zero-order valence-electron chi connectivity index (χ0n) is 26.8. The predicted octanol–water partition coefficient (Wildman–Crippen LogP) is 4.18. The molecule has 44 heavy (non-hydrogen) atoms. The molecule has 0 saturated heterocycles. The molecular weight excluding hydrogens is 678 g/mol. The van der Waals surface area contributed by atoms with E-state index < -0.39 is 21.3 Å². The van der Waals surface area contributed by atoms with Crippen LogP contribution in [0.1, 0.15) is 86.9 Å². The molecule has 4 aromatic rings. The molecule has 0 unspecified atom stereocenters. The van der Waals surface area contributed by atoms with Crippen LogP contribution in [0.3, 0.4) is 0 Å². The number of hydrogen-bond donors (Lipinski definition) is 0. The van der Waals surface area contributed by atoms with E-state index in [-0.39, 0.29) is 35.6 Å². The van der Waals surface area contributed by atoms with E-state index >= 15 is 0 Å². The van der Waals surface area contributed by atoms with Gasteiger partial charge in [-0.15, -0.1) is 0 Å². The summed E-state index contributed by atoms with van der Waals surface area (Å²) in [5, 5.41) is 0.787. The molecule has 0 aromatic heterocycles. The first-order valence-electron chi connectivity index (χ1n) is 15.1. The van der Waals surface area contributed by atoms with E-state index in [4.69, 9.17) is 11.6 Å². The van der Waals surface area contributed by atoms with Crippen molar-refractivity contribution in [1.29, 1.82) is 0 Å². The van der Waals surface area contributed by atoms with Gasteiger partial charge in [-0.2, -0.15) is 0 Å². The van der Waals surface area contributed by atoms with Gasteiger partial charge in [0.25, 0.3) is 0 Å². The Bertz CT molecular complexity index is 1730. The van der Waals surface area contributed by atoms with E-state index in [0.29, 0.717) is 0 Å². The Labute approximate surface area is 289 Å². The van der Waals surface area contributed by atoms with Gasteiger partial charge in [-0.05, 0) is 0 Å². The van der Waals surface area contributed by atoms with Crippen LogP contribution in [0.4, 0.5) is 0 Å². The van der Waals surface area contributed by atoms with Gasteiger partial charge in [0.15, 0.2) is 0 Å². The number of halogens is 3. The molecule has 0 radical (unpaired) electrons. The minimum Gasteiger partial charge on any atom is -1.00 e. The summed E-state index contributed by atoms with van der Waals surface area (Å²) >= 11 is 3.70. The SMILES string of the molecule is Cc1ccc(/[C](c2ccc(Cl)cc2)=[Zr+2](\[C]2=CC=CC2)[c]2cc(C(C)(C)C)cc3c2Cc2ccc(C(C)(C)C)cc2-3)cc1.[Cl-].[Cl-]. The van der Waals surface area contributed by atoms with Crippen LogP contribution in [0.15, 0.2) is 100 Å². The first-order valence-corrected chi connectivity index (χ1v) is 19.2. The van der Waals surface area contributed by atoms with E-state index in [2.05, 4.69) is 146 Å². The predicted molar refractivity (Wildman–Crippen MR) is 179 cm³/mol. The van der Waals surface area contributed by atoms with Crippen molar-refractivity contribution >= 4 is 18.1 Å². The molecule has 0 N–H and O–H groups in total. The van der Waals surface area contributed by atoms with Gasteiger partial charge in [0.1, 0.15) is 0 Å². The molecule has 0 heterocycles. The molecule has 0 fully saturated rings. The van der Waals surface area contributed by atoms with E-state index in [1.54, 1.807) is 15.3 Å². The van der Waals surface area contributed by atoms with Crippen LogP contribution in [-0.2, 0) is 38.5 Å². The summed E-state index contributed by atoms with van der Waals surface area (Å²) in [6, 6.07) is 30.2. The normalized spacial score (nSPS) is 13.8. The van der Waals surface area contributed by atoms with Gasteiger partial charge in [0, 0.05) is 0 Å². The Morgan fingerprint density at radius 3 is 1.86 bits per heavy atom. The fraction of sp³-hybridized carbons (Fsp3) is 0.275. The van der Waals surface area contributed by atoms with Crippen molar-refractivity contribution in [3.8, 4) is 11.1 Å². The fourth-order valence-corrected chi connectivity index (χ4v) is 14.4. The molecule has 0 aliphatic heterocycles. The molecule has 2 aliphatic carbocycles. The van der Waals surface area contributed by atoms with Gasteiger partial charge in [-0.3, -0.25) is 0 Å². The largest absolute Gasteiger partial charge is 1.00 e. The monoisotopic (exact) mass is 716 g/mol. The maximum Gasteiger partial charge on any atom is -1.00 e. The molecule has 0 saturated carbocycles. The summed E-state index contributed by atoms with van der Waals surface area (Å²) in [5.41, 5.74) is 12.9. The van der Waals surface area contributed by atoms with Gasteiger partial charge >= 0.3 is 267 Å². The molecular formula is C40H41Cl3Zr. The Morgan fingerprint density at radius 2 is 1.30 bits per heavy atom. The number of benzene rings is 4. The maximum absolute atomic E-state index is 6.44. The van der Waals surface area contributed by atoms with E-state index in [1.807, 2.05) is 0 Å². The minimum absolute atomic E-state index is 0. The van der Waals surface area contributed by atoms with Crippen molar-refractivity contribution in [2.45, 2.75) is 72.1 Å². The fourth-order valence-electron chi connectivity index (χ4n) is 6.29. The molecule has 0 bridgehead atoms. The molecule has 4 aromatic carbocycles. The Morgan fingerprint density at radius 1 is 0.705 bits per heavy atom. The number of fused-ring (bicyclic) bond motifs is 3. The summed E-state index contributed by atoms with van der Waals surface area (Å²) < 4.78 is 4.82. The van der Waals surface area contributed by atoms with Crippen molar-refractivity contribution < 1.29 is 46.1 Å². The molecule has 4 heteroatoms. The summed E-state index contributed by atoms with van der Waals surface area (Å²) in [7, 11) is 0. The Kier molecular flexibility index (Phi) is 10.6.